The summed E-state index contributed by atoms with van der Waals surface area (Å²) in [5, 5.41) is 1.01. The number of alkyl halides is 1. The average molecular weight is 357 g/mol. The highest BCUT2D eigenvalue weighted by molar-refractivity contribution is 9.09. The Kier molecular flexibility index (Phi) is 4.75. The molecule has 2 heterocycles. The van der Waals surface area contributed by atoms with E-state index in [1.165, 1.54) is 11.3 Å². The third kappa shape index (κ3) is 3.16. The highest BCUT2D eigenvalue weighted by Crippen LogP contribution is 2.32. The number of hydrogen-bond acceptors (Lipinski definition) is 2. The lowest BCUT2D eigenvalue weighted by Crippen LogP contribution is -2.38. The standard InChI is InChI=1S/C11H12BrCl2NOS/c12-6-7-1-3-15(4-2-7)11(16)8-5-9(13)17-10(8)14/h5,7H,1-4,6H2. The van der Waals surface area contributed by atoms with E-state index in [-0.39, 0.29) is 5.91 Å². The van der Waals surface area contributed by atoms with Gasteiger partial charge in [-0.15, -0.1) is 11.3 Å². The maximum Gasteiger partial charge on any atom is 0.256 e. The van der Waals surface area contributed by atoms with Crippen LogP contribution in [0.15, 0.2) is 6.07 Å². The van der Waals surface area contributed by atoms with Crippen LogP contribution in [-0.4, -0.2) is 29.2 Å². The Hall–Kier alpha value is 0.230. The highest BCUT2D eigenvalue weighted by atomic mass is 79.9. The van der Waals surface area contributed by atoms with Gasteiger partial charge in [-0.2, -0.15) is 0 Å². The van der Waals surface area contributed by atoms with Crippen LogP contribution in [0.4, 0.5) is 0 Å². The number of carbonyl (C=O) groups is 1. The molecule has 6 heteroatoms. The Morgan fingerprint density at radius 2 is 2.12 bits per heavy atom. The minimum absolute atomic E-state index is 0.00572. The Balaban J connectivity index is 2.04. The fourth-order valence-corrected chi connectivity index (χ4v) is 4.04. The molecule has 0 N–H and O–H groups in total. The third-order valence-electron chi connectivity index (χ3n) is 3.01. The van der Waals surface area contributed by atoms with E-state index in [0.717, 1.165) is 31.3 Å². The summed E-state index contributed by atoms with van der Waals surface area (Å²) in [5.41, 5.74) is 0.541. The number of rotatable bonds is 2. The Morgan fingerprint density at radius 1 is 1.47 bits per heavy atom. The van der Waals surface area contributed by atoms with E-state index >= 15 is 0 Å². The van der Waals surface area contributed by atoms with Crippen LogP contribution in [0.5, 0.6) is 0 Å². The molecule has 1 aliphatic rings. The molecule has 0 bridgehead atoms. The molecular weight excluding hydrogens is 345 g/mol. The molecule has 0 radical (unpaired) electrons. The fourth-order valence-electron chi connectivity index (χ4n) is 1.95. The molecule has 1 aliphatic heterocycles. The van der Waals surface area contributed by atoms with Gasteiger partial charge in [0.05, 0.1) is 9.90 Å². The molecule has 1 saturated heterocycles. The third-order valence-corrected chi connectivity index (χ3v) is 5.41. The van der Waals surface area contributed by atoms with Crippen LogP contribution in [0.2, 0.25) is 8.67 Å². The van der Waals surface area contributed by atoms with Gasteiger partial charge in [0, 0.05) is 18.4 Å². The van der Waals surface area contributed by atoms with E-state index in [1.807, 2.05) is 4.90 Å². The maximum absolute atomic E-state index is 12.2. The zero-order chi connectivity index (χ0) is 12.4. The first-order valence-corrected chi connectivity index (χ1v) is 8.11. The van der Waals surface area contributed by atoms with Crippen LogP contribution in [0.3, 0.4) is 0 Å². The van der Waals surface area contributed by atoms with Gasteiger partial charge in [-0.05, 0) is 24.8 Å². The van der Waals surface area contributed by atoms with Crippen LogP contribution >= 0.6 is 50.5 Å². The van der Waals surface area contributed by atoms with Crippen LogP contribution in [0, 0.1) is 5.92 Å². The smallest absolute Gasteiger partial charge is 0.256 e. The molecule has 0 aliphatic carbocycles. The lowest BCUT2D eigenvalue weighted by molar-refractivity contribution is 0.0700. The second-order valence-electron chi connectivity index (χ2n) is 4.13. The van der Waals surface area contributed by atoms with Gasteiger partial charge in [-0.3, -0.25) is 4.79 Å². The van der Waals surface area contributed by atoms with E-state index in [0.29, 0.717) is 20.2 Å². The number of thiophene rings is 1. The minimum atomic E-state index is 0.00572. The van der Waals surface area contributed by atoms with E-state index in [2.05, 4.69) is 15.9 Å². The summed E-state index contributed by atoms with van der Waals surface area (Å²) in [4.78, 5) is 14.1. The number of likely N-dealkylation sites (tertiary alicyclic amines) is 1. The van der Waals surface area contributed by atoms with Gasteiger partial charge in [0.2, 0.25) is 0 Å². The first-order valence-electron chi connectivity index (χ1n) is 5.42. The van der Waals surface area contributed by atoms with Crippen molar-refractivity contribution in [2.45, 2.75) is 12.8 Å². The number of hydrogen-bond donors (Lipinski definition) is 0. The van der Waals surface area contributed by atoms with Gasteiger partial charge in [0.25, 0.3) is 5.91 Å². The summed E-state index contributed by atoms with van der Waals surface area (Å²) < 4.78 is 1.05. The molecule has 0 saturated carbocycles. The van der Waals surface area contributed by atoms with E-state index in [1.54, 1.807) is 6.07 Å². The van der Waals surface area contributed by atoms with Crippen molar-refractivity contribution in [1.82, 2.24) is 4.90 Å². The van der Waals surface area contributed by atoms with Crippen molar-refractivity contribution in [3.05, 3.63) is 20.3 Å². The summed E-state index contributed by atoms with van der Waals surface area (Å²) in [7, 11) is 0. The largest absolute Gasteiger partial charge is 0.339 e. The number of nitrogens with zero attached hydrogens (tertiary/aromatic N) is 1. The van der Waals surface area contributed by atoms with E-state index in [4.69, 9.17) is 23.2 Å². The number of carbonyl (C=O) groups excluding carboxylic acids is 1. The summed E-state index contributed by atoms with van der Waals surface area (Å²) >= 11 is 16.6. The Morgan fingerprint density at radius 3 is 2.59 bits per heavy atom. The van der Waals surface area contributed by atoms with Crippen molar-refractivity contribution in [2.75, 3.05) is 18.4 Å². The normalized spacial score (nSPS) is 17.5. The molecule has 0 unspecified atom stereocenters. The average Bonchev–Trinajstić information content (AvgIpc) is 2.68. The number of piperidine rings is 1. The molecular formula is C11H12BrCl2NOS. The van der Waals surface area contributed by atoms with Gasteiger partial charge < -0.3 is 4.90 Å². The summed E-state index contributed by atoms with van der Waals surface area (Å²) in [6, 6.07) is 1.66. The van der Waals surface area contributed by atoms with Gasteiger partial charge in [-0.1, -0.05) is 39.1 Å². The zero-order valence-corrected chi connectivity index (χ0v) is 13.0. The monoisotopic (exact) mass is 355 g/mol. The molecule has 17 heavy (non-hydrogen) atoms. The van der Waals surface area contributed by atoms with Crippen molar-refractivity contribution >= 4 is 56.4 Å². The van der Waals surface area contributed by atoms with Crippen molar-refractivity contribution < 1.29 is 4.79 Å². The summed E-state index contributed by atoms with van der Waals surface area (Å²) in [6.07, 6.45) is 2.10. The van der Waals surface area contributed by atoms with Crippen molar-refractivity contribution in [3.63, 3.8) is 0 Å². The predicted octanol–water partition coefficient (Wildman–Crippen LogP) is 4.30. The lowest BCUT2D eigenvalue weighted by atomic mass is 9.99. The lowest BCUT2D eigenvalue weighted by Gasteiger charge is -2.31. The van der Waals surface area contributed by atoms with Crippen LogP contribution in [-0.2, 0) is 0 Å². The molecule has 1 aromatic heterocycles. The second kappa shape index (κ2) is 5.91. The van der Waals surface area contributed by atoms with E-state index in [9.17, 15) is 4.79 Å². The van der Waals surface area contributed by atoms with Crippen molar-refractivity contribution in [3.8, 4) is 0 Å². The fraction of sp³-hybridized carbons (Fsp3) is 0.545. The topological polar surface area (TPSA) is 20.3 Å². The first-order chi connectivity index (χ1) is 8.11. The quantitative estimate of drug-likeness (QED) is 0.723. The number of halogens is 3. The molecule has 0 aromatic carbocycles. The van der Waals surface area contributed by atoms with Crippen LogP contribution < -0.4 is 0 Å². The van der Waals surface area contributed by atoms with Gasteiger partial charge >= 0.3 is 0 Å². The predicted molar refractivity (Wildman–Crippen MR) is 76.8 cm³/mol. The van der Waals surface area contributed by atoms with E-state index < -0.39 is 0 Å². The molecule has 1 amide bonds. The molecule has 0 spiro atoms. The SMILES string of the molecule is O=C(c1cc(Cl)sc1Cl)N1CCC(CBr)CC1. The van der Waals surface area contributed by atoms with Gasteiger partial charge in [0.1, 0.15) is 4.34 Å². The van der Waals surface area contributed by atoms with Crippen molar-refractivity contribution in [1.29, 1.82) is 0 Å². The molecule has 0 atom stereocenters. The summed E-state index contributed by atoms with van der Waals surface area (Å²) in [5.74, 6) is 0.687. The van der Waals surface area contributed by atoms with Gasteiger partial charge in [-0.25, -0.2) is 0 Å². The van der Waals surface area contributed by atoms with Crippen molar-refractivity contribution in [2.24, 2.45) is 5.92 Å². The first kappa shape index (κ1) is 13.7. The number of amides is 1. The minimum Gasteiger partial charge on any atom is -0.339 e. The molecule has 2 nitrogen and oxygen atoms in total. The van der Waals surface area contributed by atoms with Gasteiger partial charge in [0.15, 0.2) is 0 Å². The zero-order valence-electron chi connectivity index (χ0n) is 9.09. The Labute approximate surface area is 123 Å². The molecule has 2 rings (SSSR count). The van der Waals surface area contributed by atoms with Crippen LogP contribution in [0.1, 0.15) is 23.2 Å². The molecule has 1 fully saturated rings. The Bertz CT molecular complexity index is 416. The second-order valence-corrected chi connectivity index (χ2v) is 7.06. The highest BCUT2D eigenvalue weighted by Gasteiger charge is 2.25. The molecule has 1 aromatic rings. The maximum atomic E-state index is 12.2. The van der Waals surface area contributed by atoms with Crippen LogP contribution in [0.25, 0.3) is 0 Å². The summed E-state index contributed by atoms with van der Waals surface area (Å²) in [6.45, 7) is 1.61. The molecule has 94 valence electrons.